The summed E-state index contributed by atoms with van der Waals surface area (Å²) in [6.07, 6.45) is 1.92. The van der Waals surface area contributed by atoms with Gasteiger partial charge in [-0.2, -0.15) is 5.43 Å². The summed E-state index contributed by atoms with van der Waals surface area (Å²) in [6, 6.07) is 5.82. The maximum absolute atomic E-state index is 11.8. The molecular weight excluding hydrogens is 292 g/mol. The number of fused-ring (bicyclic) bond motifs is 1. The Balaban J connectivity index is 1.68. The fourth-order valence-electron chi connectivity index (χ4n) is 2.12. The number of thioether (sulfide) groups is 1. The van der Waals surface area contributed by atoms with Crippen LogP contribution < -0.4 is 31.0 Å². The molecule has 0 radical (unpaired) electrons. The molecule has 2 heterocycles. The van der Waals surface area contributed by atoms with Gasteiger partial charge in [0, 0.05) is 5.56 Å². The van der Waals surface area contributed by atoms with Crippen molar-refractivity contribution in [2.75, 3.05) is 13.0 Å². The molecule has 1 saturated heterocycles. The number of ether oxygens (including phenoxy) is 2. The van der Waals surface area contributed by atoms with Gasteiger partial charge in [0.1, 0.15) is 12.2 Å². The van der Waals surface area contributed by atoms with Crippen molar-refractivity contribution in [1.29, 1.82) is 0 Å². The van der Waals surface area contributed by atoms with E-state index in [1.807, 2.05) is 29.8 Å². The van der Waals surface area contributed by atoms with Gasteiger partial charge in [0.15, 0.2) is 11.5 Å². The summed E-state index contributed by atoms with van der Waals surface area (Å²) in [5, 5.41) is 4.21. The lowest BCUT2D eigenvalue weighted by Gasteiger charge is -2.35. The molecule has 8 heteroatoms. The molecule has 1 amide bonds. The molecular formula is C13H17N4O3S+. The maximum atomic E-state index is 11.8. The number of quaternary nitrogens is 1. The molecule has 1 atom stereocenters. The first-order valence-corrected chi connectivity index (χ1v) is 7.67. The van der Waals surface area contributed by atoms with E-state index in [9.17, 15) is 4.79 Å². The van der Waals surface area contributed by atoms with Crippen molar-refractivity contribution in [3.63, 3.8) is 0 Å². The van der Waals surface area contributed by atoms with Crippen LogP contribution in [0.1, 0.15) is 5.56 Å². The van der Waals surface area contributed by atoms with E-state index in [1.165, 1.54) is 11.8 Å². The largest absolute Gasteiger partial charge is 0.454 e. The van der Waals surface area contributed by atoms with Crippen LogP contribution in [0.25, 0.3) is 0 Å². The van der Waals surface area contributed by atoms with Crippen molar-refractivity contribution >= 4 is 17.7 Å². The molecule has 3 rings (SSSR count). The highest BCUT2D eigenvalue weighted by atomic mass is 32.2. The van der Waals surface area contributed by atoms with Gasteiger partial charge in [0.25, 0.3) is 11.0 Å². The van der Waals surface area contributed by atoms with Crippen molar-refractivity contribution < 1.29 is 19.6 Å². The third-order valence-corrected chi connectivity index (χ3v) is 4.37. The highest BCUT2D eigenvalue weighted by Gasteiger charge is 2.39. The summed E-state index contributed by atoms with van der Waals surface area (Å²) >= 11 is 1.49. The third kappa shape index (κ3) is 2.78. The lowest BCUT2D eigenvalue weighted by atomic mass is 10.2. The molecule has 0 saturated carbocycles. The molecule has 2 aliphatic heterocycles. The lowest BCUT2D eigenvalue weighted by Crippen LogP contribution is -3.04. The Morgan fingerprint density at radius 3 is 3.00 bits per heavy atom. The number of amides is 1. The van der Waals surface area contributed by atoms with Crippen LogP contribution in [0.3, 0.4) is 0 Å². The van der Waals surface area contributed by atoms with Crippen LogP contribution in [-0.2, 0) is 11.3 Å². The van der Waals surface area contributed by atoms with Crippen LogP contribution in [0, 0.1) is 0 Å². The van der Waals surface area contributed by atoms with Crippen molar-refractivity contribution in [2.45, 2.75) is 11.7 Å². The van der Waals surface area contributed by atoms with E-state index in [4.69, 9.17) is 9.47 Å². The molecule has 1 aromatic carbocycles. The van der Waals surface area contributed by atoms with Gasteiger partial charge in [-0.15, -0.1) is 0 Å². The fourth-order valence-corrected chi connectivity index (χ4v) is 2.72. The Hall–Kier alpha value is -1.90. The van der Waals surface area contributed by atoms with Crippen molar-refractivity contribution in [1.82, 2.24) is 16.2 Å². The molecule has 0 spiro atoms. The third-order valence-electron chi connectivity index (χ3n) is 3.36. The minimum absolute atomic E-state index is 0.218. The average molecular weight is 309 g/mol. The van der Waals surface area contributed by atoms with Crippen LogP contribution in [0.4, 0.5) is 0 Å². The molecule has 21 heavy (non-hydrogen) atoms. The van der Waals surface area contributed by atoms with Gasteiger partial charge in [-0.1, -0.05) is 18.3 Å². The quantitative estimate of drug-likeness (QED) is 0.430. The normalized spacial score (nSPS) is 23.7. The first-order chi connectivity index (χ1) is 10.1. The van der Waals surface area contributed by atoms with Crippen molar-refractivity contribution in [3.8, 4) is 11.5 Å². The summed E-state index contributed by atoms with van der Waals surface area (Å²) in [7, 11) is 0. The Kier molecular flexibility index (Phi) is 3.66. The van der Waals surface area contributed by atoms with E-state index < -0.39 is 5.12 Å². The second kappa shape index (κ2) is 5.47. The van der Waals surface area contributed by atoms with Gasteiger partial charge in [-0.05, 0) is 24.5 Å². The van der Waals surface area contributed by atoms with E-state index in [0.29, 0.717) is 12.2 Å². The van der Waals surface area contributed by atoms with Gasteiger partial charge in [-0.25, -0.2) is 0 Å². The van der Waals surface area contributed by atoms with E-state index in [1.54, 1.807) is 0 Å². The van der Waals surface area contributed by atoms with Gasteiger partial charge >= 0.3 is 0 Å². The predicted molar refractivity (Wildman–Crippen MR) is 78.0 cm³/mol. The molecule has 0 bridgehead atoms. The summed E-state index contributed by atoms with van der Waals surface area (Å²) in [6.45, 7) is 4.54. The average Bonchev–Trinajstić information content (AvgIpc) is 2.96. The first kappa shape index (κ1) is 14.1. The van der Waals surface area contributed by atoms with Crippen LogP contribution in [0.2, 0.25) is 0 Å². The summed E-state index contributed by atoms with van der Waals surface area (Å²) < 4.78 is 10.7. The topological polar surface area (TPSA) is 88.2 Å². The van der Waals surface area contributed by atoms with Crippen molar-refractivity contribution in [3.05, 3.63) is 36.0 Å². The number of benzene rings is 1. The van der Waals surface area contributed by atoms with Crippen LogP contribution in [0.5, 0.6) is 11.5 Å². The summed E-state index contributed by atoms with van der Waals surface area (Å²) in [4.78, 5) is 11.8. The van der Waals surface area contributed by atoms with E-state index in [2.05, 4.69) is 22.7 Å². The molecule has 1 fully saturated rings. The lowest BCUT2D eigenvalue weighted by molar-refractivity contribution is -0.728. The standard InChI is InChI=1S/C13H16N4O3S/c1-8-12(18)15-13(21-2,17-16-8)14-6-9-3-4-10-11(5-9)20-7-19-10/h3-5,14,16-17H,1,6-7H2,2H3,(H,15,18)/p+1/t13-/m0/s1. The Labute approximate surface area is 126 Å². The molecule has 5 N–H and O–H groups in total. The van der Waals surface area contributed by atoms with Crippen molar-refractivity contribution in [2.24, 2.45) is 0 Å². The highest BCUT2D eigenvalue weighted by Crippen LogP contribution is 2.32. The Bertz CT molecular complexity index is 595. The molecule has 0 aromatic heterocycles. The number of carbonyl (C=O) groups excluding carboxylic acids is 1. The number of carbonyl (C=O) groups is 1. The second-order valence-electron chi connectivity index (χ2n) is 4.72. The van der Waals surface area contributed by atoms with E-state index in [0.717, 1.165) is 17.1 Å². The minimum Gasteiger partial charge on any atom is -0.454 e. The second-order valence-corrected chi connectivity index (χ2v) is 5.77. The van der Waals surface area contributed by atoms with Gasteiger partial charge < -0.3 is 14.9 Å². The zero-order chi connectivity index (χ0) is 14.9. The number of rotatable bonds is 4. The first-order valence-electron chi connectivity index (χ1n) is 6.44. The number of hydrogen-bond donors (Lipinski definition) is 4. The predicted octanol–water partition coefficient (Wildman–Crippen LogP) is -0.809. The minimum atomic E-state index is -0.672. The smallest absolute Gasteiger partial charge is 0.297 e. The van der Waals surface area contributed by atoms with Crippen LogP contribution in [-0.4, -0.2) is 24.1 Å². The summed E-state index contributed by atoms with van der Waals surface area (Å²) in [5.41, 5.74) is 7.23. The molecule has 0 unspecified atom stereocenters. The number of hydrazine groups is 1. The molecule has 2 aliphatic rings. The van der Waals surface area contributed by atoms with Gasteiger partial charge in [-0.3, -0.25) is 15.4 Å². The monoisotopic (exact) mass is 309 g/mol. The Morgan fingerprint density at radius 1 is 1.43 bits per heavy atom. The number of nitrogens with one attached hydrogen (secondary N) is 3. The molecule has 0 aliphatic carbocycles. The summed E-state index contributed by atoms with van der Waals surface area (Å²) in [5.74, 6) is 1.30. The highest BCUT2D eigenvalue weighted by molar-refractivity contribution is 7.99. The van der Waals surface area contributed by atoms with Crippen LogP contribution in [0.15, 0.2) is 30.5 Å². The maximum Gasteiger partial charge on any atom is 0.297 e. The van der Waals surface area contributed by atoms with E-state index >= 15 is 0 Å². The SMILES string of the molecule is C=C1NN[C@@]([NH2+]Cc2ccc3c(c2)OCO3)(SC)NC1=O. The van der Waals surface area contributed by atoms with Crippen LogP contribution >= 0.6 is 11.8 Å². The molecule has 7 nitrogen and oxygen atoms in total. The fraction of sp³-hybridized carbons (Fsp3) is 0.308. The van der Waals surface area contributed by atoms with E-state index in [-0.39, 0.29) is 12.7 Å². The number of nitrogens with two attached hydrogens (primary N) is 1. The number of hydrogen-bond acceptors (Lipinski definition) is 6. The zero-order valence-corrected chi connectivity index (χ0v) is 12.4. The van der Waals surface area contributed by atoms with Gasteiger partial charge in [0.05, 0.1) is 0 Å². The zero-order valence-electron chi connectivity index (χ0n) is 11.6. The van der Waals surface area contributed by atoms with Gasteiger partial charge in [0.2, 0.25) is 6.79 Å². The Morgan fingerprint density at radius 2 is 2.24 bits per heavy atom. The molecule has 1 aromatic rings. The molecule has 112 valence electrons.